The summed E-state index contributed by atoms with van der Waals surface area (Å²) in [6.45, 7) is 3.15. The van der Waals surface area contributed by atoms with E-state index in [4.69, 9.17) is 11.6 Å². The number of carbonyl (C=O) groups is 1. The highest BCUT2D eigenvalue weighted by molar-refractivity contribution is 6.30. The highest BCUT2D eigenvalue weighted by atomic mass is 35.5. The predicted molar refractivity (Wildman–Crippen MR) is 93.0 cm³/mol. The second-order valence-corrected chi connectivity index (χ2v) is 6.07. The second kappa shape index (κ2) is 7.31. The van der Waals surface area contributed by atoms with E-state index in [1.165, 1.54) is 0 Å². The van der Waals surface area contributed by atoms with E-state index in [2.05, 4.69) is 15.5 Å². The number of amides is 1. The largest absolute Gasteiger partial charge is 0.323 e. The van der Waals surface area contributed by atoms with Crippen molar-refractivity contribution in [1.82, 2.24) is 19.6 Å². The van der Waals surface area contributed by atoms with Gasteiger partial charge in [0.05, 0.1) is 24.6 Å². The first-order valence-corrected chi connectivity index (χ1v) is 8.02. The lowest BCUT2D eigenvalue weighted by atomic mass is 10.2. The Morgan fingerprint density at radius 1 is 1.12 bits per heavy atom. The molecule has 3 aromatic rings. The third-order valence-electron chi connectivity index (χ3n) is 3.51. The summed E-state index contributed by atoms with van der Waals surface area (Å²) in [7, 11) is 0. The Morgan fingerprint density at radius 2 is 1.88 bits per heavy atom. The van der Waals surface area contributed by atoms with Gasteiger partial charge in [-0.1, -0.05) is 23.7 Å². The molecule has 124 valence electrons. The minimum Gasteiger partial charge on any atom is -0.323 e. The summed E-state index contributed by atoms with van der Waals surface area (Å²) < 4.78 is 3.54. The Hall–Kier alpha value is -2.60. The van der Waals surface area contributed by atoms with Gasteiger partial charge in [-0.2, -0.15) is 10.2 Å². The van der Waals surface area contributed by atoms with Gasteiger partial charge in [-0.3, -0.25) is 14.2 Å². The predicted octanol–water partition coefficient (Wildman–Crippen LogP) is 3.12. The van der Waals surface area contributed by atoms with Gasteiger partial charge in [-0.15, -0.1) is 0 Å². The van der Waals surface area contributed by atoms with E-state index >= 15 is 0 Å². The van der Waals surface area contributed by atoms with E-state index in [1.807, 2.05) is 43.6 Å². The van der Waals surface area contributed by atoms with Gasteiger partial charge in [0, 0.05) is 30.4 Å². The summed E-state index contributed by atoms with van der Waals surface area (Å²) in [5.74, 6) is -0.0609. The molecule has 24 heavy (non-hydrogen) atoms. The lowest BCUT2D eigenvalue weighted by Crippen LogP contribution is -2.14. The molecule has 1 amide bonds. The number of rotatable bonds is 6. The molecule has 0 unspecified atom stereocenters. The molecule has 2 heterocycles. The zero-order valence-electron chi connectivity index (χ0n) is 13.3. The molecule has 0 radical (unpaired) electrons. The van der Waals surface area contributed by atoms with Crippen molar-refractivity contribution in [3.63, 3.8) is 0 Å². The van der Waals surface area contributed by atoms with E-state index in [1.54, 1.807) is 21.8 Å². The summed E-state index contributed by atoms with van der Waals surface area (Å²) in [5, 5.41) is 12.0. The minimum atomic E-state index is -0.0609. The van der Waals surface area contributed by atoms with Crippen LogP contribution >= 0.6 is 11.6 Å². The smallest absolute Gasteiger partial charge is 0.226 e. The van der Waals surface area contributed by atoms with Crippen LogP contribution in [0.5, 0.6) is 0 Å². The van der Waals surface area contributed by atoms with E-state index in [0.29, 0.717) is 30.2 Å². The van der Waals surface area contributed by atoms with Gasteiger partial charge in [-0.05, 0) is 30.2 Å². The Balaban J connectivity index is 1.51. The fourth-order valence-corrected chi connectivity index (χ4v) is 2.45. The van der Waals surface area contributed by atoms with Crippen LogP contribution in [0, 0.1) is 6.92 Å². The number of carbonyl (C=O) groups excluding carboxylic acids is 1. The van der Waals surface area contributed by atoms with Crippen molar-refractivity contribution in [2.75, 3.05) is 5.32 Å². The third-order valence-corrected chi connectivity index (χ3v) is 3.76. The van der Waals surface area contributed by atoms with E-state index < -0.39 is 0 Å². The van der Waals surface area contributed by atoms with Gasteiger partial charge in [-0.25, -0.2) is 0 Å². The Morgan fingerprint density at radius 3 is 2.58 bits per heavy atom. The van der Waals surface area contributed by atoms with Crippen molar-refractivity contribution < 1.29 is 4.79 Å². The van der Waals surface area contributed by atoms with E-state index in [0.717, 1.165) is 11.1 Å². The van der Waals surface area contributed by atoms with Crippen LogP contribution in [0.2, 0.25) is 5.02 Å². The maximum Gasteiger partial charge on any atom is 0.226 e. The van der Waals surface area contributed by atoms with Gasteiger partial charge in [0.1, 0.15) is 0 Å². The standard InChI is InChI=1S/C17H18ClN5O/c1-13-8-19-22(10-13)7-6-17(24)21-16-9-20-23(12-16)11-14-2-4-15(18)5-3-14/h2-5,8-10,12H,6-7,11H2,1H3,(H,21,24). The van der Waals surface area contributed by atoms with Crippen LogP contribution in [0.3, 0.4) is 0 Å². The van der Waals surface area contributed by atoms with Crippen LogP contribution in [-0.4, -0.2) is 25.5 Å². The number of halogens is 1. The van der Waals surface area contributed by atoms with Gasteiger partial charge in [0.25, 0.3) is 0 Å². The normalized spacial score (nSPS) is 10.8. The van der Waals surface area contributed by atoms with Crippen LogP contribution in [0.4, 0.5) is 5.69 Å². The van der Waals surface area contributed by atoms with Gasteiger partial charge in [0.15, 0.2) is 0 Å². The zero-order valence-corrected chi connectivity index (χ0v) is 14.1. The number of aryl methyl sites for hydroxylation is 2. The molecule has 2 aromatic heterocycles. The van der Waals surface area contributed by atoms with Crippen LogP contribution < -0.4 is 5.32 Å². The van der Waals surface area contributed by atoms with Gasteiger partial charge < -0.3 is 5.32 Å². The maximum absolute atomic E-state index is 12.0. The molecule has 1 N–H and O–H groups in total. The number of hydrogen-bond donors (Lipinski definition) is 1. The summed E-state index contributed by atoms with van der Waals surface area (Å²) >= 11 is 5.88. The first kappa shape index (κ1) is 16.3. The highest BCUT2D eigenvalue weighted by Crippen LogP contribution is 2.12. The second-order valence-electron chi connectivity index (χ2n) is 5.63. The molecule has 0 fully saturated rings. The highest BCUT2D eigenvalue weighted by Gasteiger charge is 2.06. The number of hydrogen-bond acceptors (Lipinski definition) is 3. The molecule has 0 aliphatic rings. The summed E-state index contributed by atoms with van der Waals surface area (Å²) in [4.78, 5) is 12.0. The van der Waals surface area contributed by atoms with E-state index in [9.17, 15) is 4.79 Å². The monoisotopic (exact) mass is 343 g/mol. The van der Waals surface area contributed by atoms with Crippen LogP contribution in [0.25, 0.3) is 0 Å². The summed E-state index contributed by atoms with van der Waals surface area (Å²) in [6.07, 6.45) is 7.51. The van der Waals surface area contributed by atoms with Crippen molar-refractivity contribution in [2.45, 2.75) is 26.4 Å². The Kier molecular flexibility index (Phi) is 4.96. The number of aromatic nitrogens is 4. The Bertz CT molecular complexity index is 822. The maximum atomic E-state index is 12.0. The van der Waals surface area contributed by atoms with Crippen LogP contribution in [0.15, 0.2) is 49.1 Å². The molecule has 0 saturated carbocycles. The molecule has 0 atom stereocenters. The average molecular weight is 344 g/mol. The molecule has 0 aliphatic carbocycles. The van der Waals surface area contributed by atoms with Crippen molar-refractivity contribution in [3.8, 4) is 0 Å². The third kappa shape index (κ3) is 4.45. The van der Waals surface area contributed by atoms with Crippen LogP contribution in [0.1, 0.15) is 17.5 Å². The number of anilines is 1. The molecule has 3 rings (SSSR count). The van der Waals surface area contributed by atoms with Gasteiger partial charge >= 0.3 is 0 Å². The average Bonchev–Trinajstić information content (AvgIpc) is 3.17. The quantitative estimate of drug-likeness (QED) is 0.748. The fourth-order valence-electron chi connectivity index (χ4n) is 2.32. The first-order valence-electron chi connectivity index (χ1n) is 7.64. The van der Waals surface area contributed by atoms with Crippen molar-refractivity contribution >= 4 is 23.2 Å². The topological polar surface area (TPSA) is 64.7 Å². The lowest BCUT2D eigenvalue weighted by Gasteiger charge is -2.03. The number of nitrogens with zero attached hydrogens (tertiary/aromatic N) is 4. The van der Waals surface area contributed by atoms with Crippen molar-refractivity contribution in [2.24, 2.45) is 0 Å². The first-order chi connectivity index (χ1) is 11.6. The van der Waals surface area contributed by atoms with Crippen LogP contribution in [-0.2, 0) is 17.9 Å². The van der Waals surface area contributed by atoms with Crippen molar-refractivity contribution in [1.29, 1.82) is 0 Å². The molecule has 0 spiro atoms. The Labute approximate surface area is 145 Å². The summed E-state index contributed by atoms with van der Waals surface area (Å²) in [6, 6.07) is 7.60. The SMILES string of the molecule is Cc1cnn(CCC(=O)Nc2cnn(Cc3ccc(Cl)cc3)c2)c1. The molecule has 6 nitrogen and oxygen atoms in total. The molecular weight excluding hydrogens is 326 g/mol. The zero-order chi connectivity index (χ0) is 16.9. The lowest BCUT2D eigenvalue weighted by molar-refractivity contribution is -0.116. The molecule has 0 aliphatic heterocycles. The van der Waals surface area contributed by atoms with E-state index in [-0.39, 0.29) is 5.91 Å². The molecule has 7 heteroatoms. The number of benzene rings is 1. The molecule has 0 bridgehead atoms. The summed E-state index contributed by atoms with van der Waals surface area (Å²) in [5.41, 5.74) is 2.86. The fraction of sp³-hybridized carbons (Fsp3) is 0.235. The van der Waals surface area contributed by atoms with Crippen molar-refractivity contribution in [3.05, 3.63) is 65.2 Å². The molecule has 1 aromatic carbocycles. The van der Waals surface area contributed by atoms with Gasteiger partial charge in [0.2, 0.25) is 5.91 Å². The molecular formula is C17H18ClN5O. The minimum absolute atomic E-state index is 0.0609. The number of nitrogens with one attached hydrogen (secondary N) is 1. The molecule has 0 saturated heterocycles.